The molecule has 3 heterocycles. The van der Waals surface area contributed by atoms with Crippen LogP contribution in [0.25, 0.3) is 33.4 Å². The number of carbonyl (C=O) groups excluding carboxylic acids is 1. The smallest absolute Gasteiger partial charge is 0.250 e. The number of benzene rings is 1. The quantitative estimate of drug-likeness (QED) is 0.537. The molecule has 3 aromatic heterocycles. The van der Waals surface area contributed by atoms with Crippen molar-refractivity contribution in [2.24, 2.45) is 0 Å². The first-order valence-electron chi connectivity index (χ1n) is 8.43. The Labute approximate surface area is 156 Å². The van der Waals surface area contributed by atoms with Gasteiger partial charge in [0.15, 0.2) is 0 Å². The summed E-state index contributed by atoms with van der Waals surface area (Å²) in [7, 11) is 0. The molecule has 0 bridgehead atoms. The highest BCUT2D eigenvalue weighted by atomic mass is 16.1. The van der Waals surface area contributed by atoms with Gasteiger partial charge in [0.2, 0.25) is 0 Å². The number of aromatic amines is 1. The van der Waals surface area contributed by atoms with Gasteiger partial charge in [-0.3, -0.25) is 9.78 Å². The first-order valence-corrected chi connectivity index (χ1v) is 8.43. The van der Waals surface area contributed by atoms with Crippen LogP contribution in [0, 0.1) is 0 Å². The minimum Gasteiger partial charge on any atom is -0.345 e. The average Bonchev–Trinajstić information content (AvgIpc) is 3.13. The lowest BCUT2D eigenvalue weighted by molar-refractivity contribution is -0.112. The molecule has 6 nitrogen and oxygen atoms in total. The van der Waals surface area contributed by atoms with Gasteiger partial charge in [-0.25, -0.2) is 9.97 Å². The van der Waals surface area contributed by atoms with Crippen LogP contribution in [0.2, 0.25) is 0 Å². The summed E-state index contributed by atoms with van der Waals surface area (Å²) in [5.41, 5.74) is 5.60. The Morgan fingerprint density at radius 3 is 2.70 bits per heavy atom. The molecule has 132 valence electrons. The Kier molecular flexibility index (Phi) is 4.22. The van der Waals surface area contributed by atoms with Gasteiger partial charge in [-0.05, 0) is 36.8 Å². The minimum atomic E-state index is -0.209. The van der Waals surface area contributed by atoms with E-state index in [0.717, 1.165) is 33.4 Å². The van der Waals surface area contributed by atoms with Gasteiger partial charge in [-0.1, -0.05) is 18.7 Å². The van der Waals surface area contributed by atoms with Crippen LogP contribution >= 0.6 is 0 Å². The zero-order chi connectivity index (χ0) is 18.8. The average molecular weight is 355 g/mol. The summed E-state index contributed by atoms with van der Waals surface area (Å²) in [6.07, 6.45) is 6.96. The third kappa shape index (κ3) is 3.20. The van der Waals surface area contributed by atoms with Crippen LogP contribution in [0.5, 0.6) is 0 Å². The van der Waals surface area contributed by atoms with Gasteiger partial charge >= 0.3 is 0 Å². The number of H-pyrrole nitrogens is 1. The number of rotatable bonds is 4. The molecule has 0 spiro atoms. The van der Waals surface area contributed by atoms with Crippen molar-refractivity contribution in [2.45, 2.75) is 6.92 Å². The van der Waals surface area contributed by atoms with Gasteiger partial charge in [0.25, 0.3) is 5.91 Å². The van der Waals surface area contributed by atoms with Gasteiger partial charge in [0.1, 0.15) is 12.0 Å². The number of anilines is 1. The van der Waals surface area contributed by atoms with E-state index in [1.54, 1.807) is 19.3 Å². The molecule has 1 aromatic carbocycles. The molecule has 0 aliphatic heterocycles. The number of hydrogen-bond donors (Lipinski definition) is 2. The van der Waals surface area contributed by atoms with Crippen LogP contribution in [0.3, 0.4) is 0 Å². The van der Waals surface area contributed by atoms with E-state index < -0.39 is 0 Å². The lowest BCUT2D eigenvalue weighted by Crippen LogP contribution is -2.11. The van der Waals surface area contributed by atoms with E-state index in [1.807, 2.05) is 42.6 Å². The fourth-order valence-corrected chi connectivity index (χ4v) is 2.92. The topological polar surface area (TPSA) is 83.6 Å². The molecule has 0 unspecified atom stereocenters. The molecule has 4 rings (SSSR count). The normalized spacial score (nSPS) is 10.7. The maximum absolute atomic E-state index is 11.9. The maximum atomic E-state index is 11.9. The van der Waals surface area contributed by atoms with Crippen LogP contribution < -0.4 is 5.32 Å². The summed E-state index contributed by atoms with van der Waals surface area (Å²) in [5, 5.41) is 3.76. The molecule has 2 N–H and O–H groups in total. The van der Waals surface area contributed by atoms with E-state index in [9.17, 15) is 4.79 Å². The molecule has 0 atom stereocenters. The van der Waals surface area contributed by atoms with E-state index in [0.29, 0.717) is 11.3 Å². The molecule has 0 fully saturated rings. The lowest BCUT2D eigenvalue weighted by atomic mass is 10.0. The molecule has 0 aliphatic carbocycles. The number of pyridine rings is 1. The summed E-state index contributed by atoms with van der Waals surface area (Å²) in [4.78, 5) is 28.1. The third-order valence-corrected chi connectivity index (χ3v) is 4.24. The molecule has 0 aliphatic rings. The SMILES string of the molecule is C=C(C)C(=O)Nc1cccc(-c2ncnc3[nH]cc(-c4ccncc4)c23)c1. The lowest BCUT2D eigenvalue weighted by Gasteiger charge is -2.09. The van der Waals surface area contributed by atoms with Gasteiger partial charge in [-0.2, -0.15) is 0 Å². The summed E-state index contributed by atoms with van der Waals surface area (Å²) in [5.74, 6) is -0.209. The molecule has 0 radical (unpaired) electrons. The van der Waals surface area contributed by atoms with Crippen molar-refractivity contribution in [2.75, 3.05) is 5.32 Å². The van der Waals surface area contributed by atoms with Gasteiger partial charge < -0.3 is 10.3 Å². The molecule has 6 heteroatoms. The second kappa shape index (κ2) is 6.84. The van der Waals surface area contributed by atoms with E-state index in [4.69, 9.17) is 0 Å². The molecule has 0 saturated heterocycles. The Balaban J connectivity index is 1.84. The van der Waals surface area contributed by atoms with Crippen molar-refractivity contribution in [3.05, 3.63) is 73.5 Å². The Morgan fingerprint density at radius 2 is 1.93 bits per heavy atom. The van der Waals surface area contributed by atoms with E-state index in [-0.39, 0.29) is 5.91 Å². The van der Waals surface area contributed by atoms with Crippen LogP contribution in [0.1, 0.15) is 6.92 Å². The van der Waals surface area contributed by atoms with Crippen LogP contribution in [-0.2, 0) is 4.79 Å². The minimum absolute atomic E-state index is 0.209. The molecular formula is C21H17N5O. The van der Waals surface area contributed by atoms with Crippen LogP contribution in [0.15, 0.2) is 73.5 Å². The summed E-state index contributed by atoms with van der Waals surface area (Å²) in [6, 6.07) is 11.5. The van der Waals surface area contributed by atoms with Crippen molar-refractivity contribution >= 4 is 22.6 Å². The van der Waals surface area contributed by atoms with E-state index in [2.05, 4.69) is 31.8 Å². The number of amides is 1. The molecular weight excluding hydrogens is 338 g/mol. The first-order chi connectivity index (χ1) is 13.1. The summed E-state index contributed by atoms with van der Waals surface area (Å²) in [6.45, 7) is 5.34. The Morgan fingerprint density at radius 1 is 1.11 bits per heavy atom. The standard InChI is InChI=1S/C21H17N5O/c1-13(2)21(27)26-16-5-3-4-15(10-16)19-18-17(14-6-8-22-9-7-14)11-23-20(18)25-12-24-19/h3-12H,1H2,2H3,(H,26,27)(H,23,24,25). The number of carbonyl (C=O) groups is 1. The molecule has 0 saturated carbocycles. The summed E-state index contributed by atoms with van der Waals surface area (Å²) < 4.78 is 0. The Bertz CT molecular complexity index is 1150. The van der Waals surface area contributed by atoms with E-state index >= 15 is 0 Å². The number of nitrogens with zero attached hydrogens (tertiary/aromatic N) is 3. The fourth-order valence-electron chi connectivity index (χ4n) is 2.92. The van der Waals surface area contributed by atoms with Crippen molar-refractivity contribution in [1.82, 2.24) is 19.9 Å². The van der Waals surface area contributed by atoms with Gasteiger partial charge in [0, 0.05) is 41.0 Å². The second-order valence-electron chi connectivity index (χ2n) is 6.20. The predicted molar refractivity (Wildman–Crippen MR) is 106 cm³/mol. The maximum Gasteiger partial charge on any atom is 0.250 e. The highest BCUT2D eigenvalue weighted by Crippen LogP contribution is 2.34. The van der Waals surface area contributed by atoms with Crippen molar-refractivity contribution in [1.29, 1.82) is 0 Å². The zero-order valence-corrected chi connectivity index (χ0v) is 14.7. The first kappa shape index (κ1) is 16.7. The van der Waals surface area contributed by atoms with Crippen molar-refractivity contribution < 1.29 is 4.79 Å². The van der Waals surface area contributed by atoms with Crippen molar-refractivity contribution in [3.63, 3.8) is 0 Å². The van der Waals surface area contributed by atoms with Crippen LogP contribution in [0.4, 0.5) is 5.69 Å². The molecule has 4 aromatic rings. The number of hydrogen-bond acceptors (Lipinski definition) is 4. The zero-order valence-electron chi connectivity index (χ0n) is 14.7. The number of aromatic nitrogens is 4. The Hall–Kier alpha value is -3.80. The predicted octanol–water partition coefficient (Wildman–Crippen LogP) is 4.20. The monoisotopic (exact) mass is 355 g/mol. The van der Waals surface area contributed by atoms with Crippen LogP contribution in [-0.4, -0.2) is 25.8 Å². The van der Waals surface area contributed by atoms with Crippen molar-refractivity contribution in [3.8, 4) is 22.4 Å². The molecule has 27 heavy (non-hydrogen) atoms. The van der Waals surface area contributed by atoms with Gasteiger partial charge in [0.05, 0.1) is 11.1 Å². The largest absolute Gasteiger partial charge is 0.345 e. The number of nitrogens with one attached hydrogen (secondary N) is 2. The summed E-state index contributed by atoms with van der Waals surface area (Å²) >= 11 is 0. The second-order valence-corrected chi connectivity index (χ2v) is 6.20. The van der Waals surface area contributed by atoms with E-state index in [1.165, 1.54) is 6.33 Å². The highest BCUT2D eigenvalue weighted by Gasteiger charge is 2.14. The van der Waals surface area contributed by atoms with Gasteiger partial charge in [-0.15, -0.1) is 0 Å². The third-order valence-electron chi connectivity index (χ3n) is 4.24. The fraction of sp³-hybridized carbons (Fsp3) is 0.0476. The molecule has 1 amide bonds. The highest BCUT2D eigenvalue weighted by molar-refractivity contribution is 6.05. The number of fused-ring (bicyclic) bond motifs is 1.